The first-order valence-corrected chi connectivity index (χ1v) is 13.2. The van der Waals surface area contributed by atoms with Crippen molar-refractivity contribution in [3.63, 3.8) is 0 Å². The van der Waals surface area contributed by atoms with E-state index in [2.05, 4.69) is 4.99 Å². The van der Waals surface area contributed by atoms with Crippen LogP contribution < -0.4 is 9.54 Å². The molecule has 1 atom stereocenters. The number of hydrogen-bond donors (Lipinski definition) is 0. The molecule has 0 aliphatic carbocycles. The van der Waals surface area contributed by atoms with Crippen molar-refractivity contribution in [3.05, 3.63) is 53.1 Å². The van der Waals surface area contributed by atoms with Crippen molar-refractivity contribution in [2.24, 2.45) is 10.9 Å². The van der Waals surface area contributed by atoms with Gasteiger partial charge in [0.15, 0.2) is 4.80 Å². The number of para-hydroxylation sites is 1. The van der Waals surface area contributed by atoms with Gasteiger partial charge in [0.2, 0.25) is 10.0 Å². The van der Waals surface area contributed by atoms with Crippen molar-refractivity contribution in [3.8, 4) is 5.75 Å². The number of fused-ring (bicyclic) bond motifs is 1. The summed E-state index contributed by atoms with van der Waals surface area (Å²) in [5.41, 5.74) is 0.905. The molecule has 1 aromatic heterocycles. The summed E-state index contributed by atoms with van der Waals surface area (Å²) in [4.78, 5) is 18.1. The van der Waals surface area contributed by atoms with Crippen LogP contribution in [-0.4, -0.2) is 42.9 Å². The SMILES string of the molecule is CCOc1cccc2sc(=NC(=O)C3CCCN(S(=O)(=O)c4ccc(F)cc4)C3)n(CC)c12. The second kappa shape index (κ2) is 9.74. The van der Waals surface area contributed by atoms with Crippen LogP contribution in [0.15, 0.2) is 52.4 Å². The van der Waals surface area contributed by atoms with Gasteiger partial charge in [-0.3, -0.25) is 4.79 Å². The van der Waals surface area contributed by atoms with Gasteiger partial charge in [0, 0.05) is 19.6 Å². The highest BCUT2D eigenvalue weighted by atomic mass is 32.2. The number of carbonyl (C=O) groups is 1. The van der Waals surface area contributed by atoms with Gasteiger partial charge in [-0.1, -0.05) is 17.4 Å². The molecule has 33 heavy (non-hydrogen) atoms. The minimum Gasteiger partial charge on any atom is -0.492 e. The van der Waals surface area contributed by atoms with Crippen LogP contribution in [0.2, 0.25) is 0 Å². The lowest BCUT2D eigenvalue weighted by Gasteiger charge is -2.30. The van der Waals surface area contributed by atoms with Gasteiger partial charge < -0.3 is 9.30 Å². The third-order valence-electron chi connectivity index (χ3n) is 5.67. The molecular weight excluding hydrogens is 465 g/mol. The Labute approximate surface area is 196 Å². The van der Waals surface area contributed by atoms with E-state index < -0.39 is 21.8 Å². The van der Waals surface area contributed by atoms with E-state index in [1.165, 1.54) is 27.8 Å². The number of nitrogens with zero attached hydrogens (tertiary/aromatic N) is 3. The van der Waals surface area contributed by atoms with E-state index >= 15 is 0 Å². The fourth-order valence-corrected chi connectivity index (χ4v) is 6.69. The summed E-state index contributed by atoms with van der Waals surface area (Å²) >= 11 is 1.41. The number of amides is 1. The van der Waals surface area contributed by atoms with Crippen LogP contribution >= 0.6 is 11.3 Å². The lowest BCUT2D eigenvalue weighted by Crippen LogP contribution is -2.42. The molecule has 1 unspecified atom stereocenters. The second-order valence-corrected chi connectivity index (χ2v) is 10.7. The Kier molecular flexibility index (Phi) is 6.96. The molecule has 0 saturated carbocycles. The summed E-state index contributed by atoms with van der Waals surface area (Å²) in [6, 6.07) is 10.5. The van der Waals surface area contributed by atoms with Gasteiger partial charge in [-0.05, 0) is 63.1 Å². The first-order chi connectivity index (χ1) is 15.8. The average Bonchev–Trinajstić information content (AvgIpc) is 3.17. The zero-order chi connectivity index (χ0) is 23.6. The number of halogens is 1. The second-order valence-electron chi connectivity index (χ2n) is 7.77. The van der Waals surface area contributed by atoms with Crippen LogP contribution in [0.5, 0.6) is 5.75 Å². The van der Waals surface area contributed by atoms with Crippen molar-refractivity contribution in [1.29, 1.82) is 0 Å². The molecule has 0 radical (unpaired) electrons. The van der Waals surface area contributed by atoms with Crippen LogP contribution in [0.3, 0.4) is 0 Å². The van der Waals surface area contributed by atoms with E-state index in [1.54, 1.807) is 0 Å². The molecule has 1 amide bonds. The Hall–Kier alpha value is -2.56. The van der Waals surface area contributed by atoms with Crippen LogP contribution in [0, 0.1) is 11.7 Å². The van der Waals surface area contributed by atoms with Gasteiger partial charge in [-0.25, -0.2) is 12.8 Å². The number of thiazole rings is 1. The van der Waals surface area contributed by atoms with Gasteiger partial charge in [-0.2, -0.15) is 9.30 Å². The zero-order valence-electron chi connectivity index (χ0n) is 18.5. The Morgan fingerprint density at radius 1 is 1.21 bits per heavy atom. The summed E-state index contributed by atoms with van der Waals surface area (Å²) < 4.78 is 49.2. The maximum Gasteiger partial charge on any atom is 0.252 e. The average molecular weight is 492 g/mol. The lowest BCUT2D eigenvalue weighted by molar-refractivity contribution is -0.122. The van der Waals surface area contributed by atoms with Crippen LogP contribution in [0.1, 0.15) is 26.7 Å². The summed E-state index contributed by atoms with van der Waals surface area (Å²) in [6.45, 7) is 5.43. The maximum atomic E-state index is 13.2. The van der Waals surface area contributed by atoms with E-state index in [-0.39, 0.29) is 17.3 Å². The fourth-order valence-electron chi connectivity index (χ4n) is 4.05. The molecule has 1 fully saturated rings. The number of hydrogen-bond acceptors (Lipinski definition) is 5. The molecule has 1 aliphatic rings. The Morgan fingerprint density at radius 3 is 2.67 bits per heavy atom. The maximum absolute atomic E-state index is 13.2. The topological polar surface area (TPSA) is 81.0 Å². The highest BCUT2D eigenvalue weighted by Gasteiger charge is 2.33. The molecule has 1 saturated heterocycles. The van der Waals surface area contributed by atoms with Crippen molar-refractivity contribution in [1.82, 2.24) is 8.87 Å². The summed E-state index contributed by atoms with van der Waals surface area (Å²) in [5.74, 6) is -0.618. The third-order valence-corrected chi connectivity index (χ3v) is 8.59. The van der Waals surface area contributed by atoms with E-state index in [4.69, 9.17) is 4.74 Å². The number of ether oxygens (including phenoxy) is 1. The predicted octanol–water partition coefficient (Wildman–Crippen LogP) is 3.79. The van der Waals surface area contributed by atoms with E-state index in [1.807, 2.05) is 36.6 Å². The van der Waals surface area contributed by atoms with E-state index in [9.17, 15) is 17.6 Å². The summed E-state index contributed by atoms with van der Waals surface area (Å²) in [6.07, 6.45) is 1.13. The Morgan fingerprint density at radius 2 is 1.97 bits per heavy atom. The van der Waals surface area contributed by atoms with Crippen LogP contribution in [0.4, 0.5) is 4.39 Å². The summed E-state index contributed by atoms with van der Waals surface area (Å²) in [5, 5.41) is 0. The number of benzene rings is 2. The van der Waals surface area contributed by atoms with Crippen molar-refractivity contribution >= 4 is 37.5 Å². The summed E-state index contributed by atoms with van der Waals surface area (Å²) in [7, 11) is -3.81. The predicted molar refractivity (Wildman–Crippen MR) is 125 cm³/mol. The Bertz CT molecular complexity index is 1330. The molecular formula is C23H26FN3O4S2. The normalized spacial score (nSPS) is 18.0. The number of aryl methyl sites for hydroxylation is 1. The number of rotatable bonds is 6. The molecule has 176 valence electrons. The molecule has 1 aliphatic heterocycles. The monoisotopic (exact) mass is 491 g/mol. The minimum atomic E-state index is -3.81. The van der Waals surface area contributed by atoms with Gasteiger partial charge in [0.05, 0.1) is 22.1 Å². The number of carbonyl (C=O) groups excluding carboxylic acids is 1. The molecule has 10 heteroatoms. The van der Waals surface area contributed by atoms with E-state index in [0.29, 0.717) is 37.3 Å². The van der Waals surface area contributed by atoms with Crippen LogP contribution in [0.25, 0.3) is 10.2 Å². The van der Waals surface area contributed by atoms with Gasteiger partial charge >= 0.3 is 0 Å². The first kappa shape index (κ1) is 23.6. The minimum absolute atomic E-state index is 0.0192. The van der Waals surface area contributed by atoms with Crippen molar-refractivity contribution in [2.45, 2.75) is 38.1 Å². The van der Waals surface area contributed by atoms with Gasteiger partial charge in [0.1, 0.15) is 17.1 Å². The van der Waals surface area contributed by atoms with E-state index in [0.717, 1.165) is 28.1 Å². The lowest BCUT2D eigenvalue weighted by atomic mass is 9.99. The number of aromatic nitrogens is 1. The highest BCUT2D eigenvalue weighted by Crippen LogP contribution is 2.28. The van der Waals surface area contributed by atoms with Crippen molar-refractivity contribution in [2.75, 3.05) is 19.7 Å². The molecule has 4 rings (SSSR count). The number of piperidine rings is 1. The first-order valence-electron chi connectivity index (χ1n) is 10.9. The third kappa shape index (κ3) is 4.73. The largest absolute Gasteiger partial charge is 0.492 e. The molecule has 0 N–H and O–H groups in total. The zero-order valence-corrected chi connectivity index (χ0v) is 20.2. The van der Waals surface area contributed by atoms with Crippen molar-refractivity contribution < 1.29 is 22.3 Å². The fraction of sp³-hybridized carbons (Fsp3) is 0.391. The highest BCUT2D eigenvalue weighted by molar-refractivity contribution is 7.89. The molecule has 7 nitrogen and oxygen atoms in total. The smallest absolute Gasteiger partial charge is 0.252 e. The van der Waals surface area contributed by atoms with Crippen LogP contribution in [-0.2, 0) is 21.4 Å². The molecule has 2 heterocycles. The Balaban J connectivity index is 1.63. The number of sulfonamides is 1. The molecule has 2 aromatic carbocycles. The molecule has 0 bridgehead atoms. The van der Waals surface area contributed by atoms with Gasteiger partial charge in [0.25, 0.3) is 5.91 Å². The standard InChI is InChI=1S/C23H26FN3O4S2/c1-3-27-21-19(31-4-2)8-5-9-20(21)32-23(27)25-22(28)16-7-6-14-26(15-16)33(29,30)18-12-10-17(24)11-13-18/h5,8-13,16H,3-4,6-7,14-15H2,1-2H3. The molecule has 0 spiro atoms. The quantitative estimate of drug-likeness (QED) is 0.526. The van der Waals surface area contributed by atoms with Gasteiger partial charge in [-0.15, -0.1) is 0 Å². The molecule has 3 aromatic rings.